The molecule has 0 bridgehead atoms. The van der Waals surface area contributed by atoms with Crippen molar-refractivity contribution in [3.63, 3.8) is 0 Å². The highest BCUT2D eigenvalue weighted by molar-refractivity contribution is 5.79. The zero-order valence-corrected chi connectivity index (χ0v) is 15.6. The van der Waals surface area contributed by atoms with E-state index in [4.69, 9.17) is 4.99 Å². The second-order valence-electron chi connectivity index (χ2n) is 5.99. The fraction of sp³-hybridized carbons (Fsp3) is 0.474. The maximum absolute atomic E-state index is 4.74. The van der Waals surface area contributed by atoms with Crippen molar-refractivity contribution in [1.29, 1.82) is 0 Å². The lowest BCUT2D eigenvalue weighted by Gasteiger charge is -2.16. The summed E-state index contributed by atoms with van der Waals surface area (Å²) >= 11 is 0. The second-order valence-corrected chi connectivity index (χ2v) is 5.99. The number of nitrogens with zero attached hydrogens (tertiary/aromatic N) is 4. The van der Waals surface area contributed by atoms with Gasteiger partial charge in [-0.1, -0.05) is 31.2 Å². The van der Waals surface area contributed by atoms with Gasteiger partial charge in [-0.05, 0) is 37.7 Å². The van der Waals surface area contributed by atoms with Crippen molar-refractivity contribution in [3.8, 4) is 0 Å². The van der Waals surface area contributed by atoms with Crippen molar-refractivity contribution >= 4 is 5.96 Å². The summed E-state index contributed by atoms with van der Waals surface area (Å²) < 4.78 is 1.94. The highest BCUT2D eigenvalue weighted by Crippen LogP contribution is 2.11. The van der Waals surface area contributed by atoms with Crippen molar-refractivity contribution in [2.45, 2.75) is 26.9 Å². The Morgan fingerprint density at radius 1 is 1.16 bits per heavy atom. The molecule has 0 unspecified atom stereocenters. The van der Waals surface area contributed by atoms with Gasteiger partial charge in [-0.2, -0.15) is 5.10 Å². The van der Waals surface area contributed by atoms with Crippen molar-refractivity contribution in [1.82, 2.24) is 25.3 Å². The van der Waals surface area contributed by atoms with Crippen LogP contribution in [0.25, 0.3) is 0 Å². The maximum Gasteiger partial charge on any atom is 0.191 e. The molecule has 136 valence electrons. The van der Waals surface area contributed by atoms with Crippen LogP contribution < -0.4 is 10.6 Å². The average molecular weight is 342 g/mol. The van der Waals surface area contributed by atoms with E-state index in [-0.39, 0.29) is 0 Å². The van der Waals surface area contributed by atoms with Gasteiger partial charge in [0.15, 0.2) is 5.96 Å². The third-order valence-corrected chi connectivity index (χ3v) is 4.09. The number of likely N-dealkylation sites (N-methyl/N-ethyl adjacent to an activating group) is 1. The molecule has 2 aromatic rings. The Hall–Kier alpha value is -2.34. The first-order chi connectivity index (χ1) is 12.2. The van der Waals surface area contributed by atoms with Crippen LogP contribution in [0.3, 0.4) is 0 Å². The van der Waals surface area contributed by atoms with E-state index >= 15 is 0 Å². The third-order valence-electron chi connectivity index (χ3n) is 4.09. The summed E-state index contributed by atoms with van der Waals surface area (Å²) in [6, 6.07) is 10.4. The summed E-state index contributed by atoms with van der Waals surface area (Å²) in [5, 5.41) is 11.0. The van der Waals surface area contributed by atoms with Gasteiger partial charge in [0, 0.05) is 32.0 Å². The van der Waals surface area contributed by atoms with Crippen LogP contribution in [0.15, 0.2) is 47.7 Å². The normalized spacial score (nSPS) is 11.8. The van der Waals surface area contributed by atoms with E-state index in [0.717, 1.165) is 38.7 Å². The van der Waals surface area contributed by atoms with Crippen LogP contribution in [0, 0.1) is 0 Å². The molecule has 2 N–H and O–H groups in total. The van der Waals surface area contributed by atoms with Gasteiger partial charge in [-0.25, -0.2) is 4.99 Å². The average Bonchev–Trinajstić information content (AvgIpc) is 3.13. The Balaban J connectivity index is 1.99. The van der Waals surface area contributed by atoms with Gasteiger partial charge in [0.25, 0.3) is 0 Å². The third kappa shape index (κ3) is 6.58. The molecule has 0 spiro atoms. The highest BCUT2D eigenvalue weighted by atomic mass is 15.3. The van der Waals surface area contributed by atoms with Crippen molar-refractivity contribution in [2.75, 3.05) is 33.2 Å². The van der Waals surface area contributed by atoms with Crippen molar-refractivity contribution in [3.05, 3.63) is 53.9 Å². The first kappa shape index (κ1) is 19.0. The molecule has 1 heterocycles. The minimum absolute atomic E-state index is 0.649. The van der Waals surface area contributed by atoms with E-state index in [1.807, 2.05) is 16.9 Å². The van der Waals surface area contributed by atoms with Gasteiger partial charge < -0.3 is 15.5 Å². The van der Waals surface area contributed by atoms with Crippen LogP contribution in [0.1, 0.15) is 25.0 Å². The molecular weight excluding hydrogens is 312 g/mol. The Morgan fingerprint density at radius 3 is 2.64 bits per heavy atom. The monoisotopic (exact) mass is 342 g/mol. The van der Waals surface area contributed by atoms with Crippen LogP contribution in [-0.4, -0.2) is 53.9 Å². The Kier molecular flexibility index (Phi) is 7.98. The lowest BCUT2D eigenvalue weighted by molar-refractivity contribution is 0.357. The van der Waals surface area contributed by atoms with Crippen LogP contribution in [0.5, 0.6) is 0 Å². The second kappa shape index (κ2) is 10.5. The first-order valence-electron chi connectivity index (χ1n) is 8.97. The van der Waals surface area contributed by atoms with E-state index in [9.17, 15) is 0 Å². The van der Waals surface area contributed by atoms with Gasteiger partial charge in [0.05, 0.1) is 13.1 Å². The fourth-order valence-electron chi connectivity index (χ4n) is 2.46. The summed E-state index contributed by atoms with van der Waals surface area (Å²) in [5.74, 6) is 0.862. The predicted molar refractivity (Wildman–Crippen MR) is 104 cm³/mol. The van der Waals surface area contributed by atoms with E-state index in [0.29, 0.717) is 6.54 Å². The van der Waals surface area contributed by atoms with Crippen molar-refractivity contribution in [2.24, 2.45) is 4.99 Å². The molecule has 0 amide bonds. The number of aliphatic imine (C=N–C) groups is 1. The van der Waals surface area contributed by atoms with Crippen molar-refractivity contribution < 1.29 is 0 Å². The Morgan fingerprint density at radius 2 is 1.96 bits per heavy atom. The molecule has 0 radical (unpaired) electrons. The molecule has 25 heavy (non-hydrogen) atoms. The quantitative estimate of drug-likeness (QED) is 0.540. The van der Waals surface area contributed by atoms with Gasteiger partial charge in [-0.15, -0.1) is 0 Å². The minimum atomic E-state index is 0.649. The maximum atomic E-state index is 4.74. The highest BCUT2D eigenvalue weighted by Gasteiger charge is 2.04. The molecule has 6 heteroatoms. The topological polar surface area (TPSA) is 57.5 Å². The van der Waals surface area contributed by atoms with Gasteiger partial charge in [-0.3, -0.25) is 4.68 Å². The van der Waals surface area contributed by atoms with E-state index in [1.165, 1.54) is 11.1 Å². The number of aromatic nitrogens is 2. The summed E-state index contributed by atoms with van der Waals surface area (Å²) in [6.07, 6.45) is 3.79. The van der Waals surface area contributed by atoms with Crippen LogP contribution in [0.4, 0.5) is 0 Å². The SMILES string of the molecule is CCNC(=NCc1ccccc1Cn1cccn1)NCCN(C)CC. The lowest BCUT2D eigenvalue weighted by atomic mass is 10.1. The van der Waals surface area contributed by atoms with E-state index < -0.39 is 0 Å². The zero-order valence-electron chi connectivity index (χ0n) is 15.6. The number of rotatable bonds is 9. The zero-order chi connectivity index (χ0) is 17.9. The molecule has 0 fully saturated rings. The summed E-state index contributed by atoms with van der Waals surface area (Å²) in [5.41, 5.74) is 2.47. The molecule has 1 aromatic carbocycles. The van der Waals surface area contributed by atoms with Crippen LogP contribution in [-0.2, 0) is 13.1 Å². The first-order valence-corrected chi connectivity index (χ1v) is 8.97. The summed E-state index contributed by atoms with van der Waals surface area (Å²) in [4.78, 5) is 7.02. The number of hydrogen-bond acceptors (Lipinski definition) is 3. The molecular formula is C19H30N6. The standard InChI is InChI=1S/C19H30N6/c1-4-20-19(21-12-14-24(3)5-2)22-15-17-9-6-7-10-18(17)16-25-13-8-11-23-25/h6-11,13H,4-5,12,14-16H2,1-3H3,(H2,20,21,22). The number of benzene rings is 1. The van der Waals surface area contributed by atoms with Crippen LogP contribution >= 0.6 is 0 Å². The number of guanidine groups is 1. The molecule has 0 aliphatic carbocycles. The molecule has 1 aromatic heterocycles. The molecule has 0 saturated carbocycles. The molecule has 0 aliphatic rings. The van der Waals surface area contributed by atoms with Gasteiger partial charge in [0.2, 0.25) is 0 Å². The Bertz CT molecular complexity index is 635. The molecule has 0 atom stereocenters. The summed E-state index contributed by atoms with van der Waals surface area (Å²) in [7, 11) is 2.12. The lowest BCUT2D eigenvalue weighted by Crippen LogP contribution is -2.40. The fourth-order valence-corrected chi connectivity index (χ4v) is 2.46. The summed E-state index contributed by atoms with van der Waals surface area (Å²) in [6.45, 7) is 9.44. The largest absolute Gasteiger partial charge is 0.357 e. The van der Waals surface area contributed by atoms with Gasteiger partial charge >= 0.3 is 0 Å². The molecule has 0 aliphatic heterocycles. The molecule has 6 nitrogen and oxygen atoms in total. The number of nitrogens with one attached hydrogen (secondary N) is 2. The predicted octanol–water partition coefficient (Wildman–Crippen LogP) is 1.94. The smallest absolute Gasteiger partial charge is 0.191 e. The van der Waals surface area contributed by atoms with Gasteiger partial charge in [0.1, 0.15) is 0 Å². The van der Waals surface area contributed by atoms with E-state index in [2.05, 4.69) is 65.8 Å². The van der Waals surface area contributed by atoms with Crippen LogP contribution in [0.2, 0.25) is 0 Å². The van der Waals surface area contributed by atoms with E-state index in [1.54, 1.807) is 6.20 Å². The number of hydrogen-bond donors (Lipinski definition) is 2. The molecule has 2 rings (SSSR count). The Labute approximate surface area is 151 Å². The molecule has 0 saturated heterocycles. The minimum Gasteiger partial charge on any atom is -0.357 e.